The van der Waals surface area contributed by atoms with E-state index in [1.165, 1.54) is 51.3 Å². The molecular formula is C35H44F3N7O3. The van der Waals surface area contributed by atoms with Crippen LogP contribution in [0, 0.1) is 0 Å². The Morgan fingerprint density at radius 1 is 1.06 bits per heavy atom. The number of nitrogens with one attached hydrogen (secondary N) is 2. The number of anilines is 2. The smallest absolute Gasteiger partial charge is 0.416 e. The van der Waals surface area contributed by atoms with Crippen molar-refractivity contribution >= 4 is 40.5 Å². The molecule has 6 N–H and O–H groups in total. The summed E-state index contributed by atoms with van der Waals surface area (Å²) in [7, 11) is 1.37. The Hall–Kier alpha value is -4.78. The van der Waals surface area contributed by atoms with Gasteiger partial charge in [-0.1, -0.05) is 57.4 Å². The van der Waals surface area contributed by atoms with Gasteiger partial charge >= 0.3 is 12.1 Å². The number of H-pyrrole nitrogens is 1. The first-order chi connectivity index (χ1) is 23.1. The van der Waals surface area contributed by atoms with Crippen molar-refractivity contribution in [3.63, 3.8) is 0 Å². The monoisotopic (exact) mass is 667 g/mol. The predicted molar refractivity (Wildman–Crippen MR) is 183 cm³/mol. The van der Waals surface area contributed by atoms with Gasteiger partial charge < -0.3 is 21.5 Å². The molecule has 0 atom stereocenters. The number of allylic oxidation sites excluding steroid dienone is 1. The molecule has 0 bridgehead atoms. The maximum Gasteiger partial charge on any atom is 0.416 e. The summed E-state index contributed by atoms with van der Waals surface area (Å²) in [6, 6.07) is 8.55. The van der Waals surface area contributed by atoms with Crippen LogP contribution in [-0.4, -0.2) is 45.2 Å². The van der Waals surface area contributed by atoms with Crippen molar-refractivity contribution < 1.29 is 27.5 Å². The molecule has 1 fully saturated rings. The molecular weight excluding hydrogens is 623 g/mol. The predicted octanol–water partition coefficient (Wildman–Crippen LogP) is 7.92. The van der Waals surface area contributed by atoms with Gasteiger partial charge in [-0.25, -0.2) is 9.97 Å². The molecule has 4 aromatic rings. The normalized spacial score (nSPS) is 13.3. The highest BCUT2D eigenvalue weighted by Crippen LogP contribution is 2.33. The summed E-state index contributed by atoms with van der Waals surface area (Å²) < 4.78 is 43.4. The Morgan fingerprint density at radius 3 is 2.40 bits per heavy atom. The molecule has 13 heteroatoms. The zero-order valence-electron chi connectivity index (χ0n) is 27.6. The van der Waals surface area contributed by atoms with Crippen LogP contribution in [0.25, 0.3) is 28.2 Å². The number of ether oxygens (including phenoxy) is 1. The number of methoxy groups -OCH3 is 1. The number of carbonyl (C=O) groups excluding carboxylic acids is 2. The van der Waals surface area contributed by atoms with E-state index in [4.69, 9.17) is 11.5 Å². The van der Waals surface area contributed by atoms with Gasteiger partial charge in [0.1, 0.15) is 17.2 Å². The van der Waals surface area contributed by atoms with Crippen molar-refractivity contribution in [2.45, 2.75) is 83.9 Å². The van der Waals surface area contributed by atoms with Gasteiger partial charge in [0.25, 0.3) is 5.91 Å². The summed E-state index contributed by atoms with van der Waals surface area (Å²) in [6.07, 6.45) is 11.3. The summed E-state index contributed by atoms with van der Waals surface area (Å²) in [5, 5.41) is 10.4. The van der Waals surface area contributed by atoms with Gasteiger partial charge in [-0.05, 0) is 56.4 Å². The van der Waals surface area contributed by atoms with Crippen LogP contribution >= 0.6 is 0 Å². The van der Waals surface area contributed by atoms with Crippen LogP contribution in [0.5, 0.6) is 0 Å². The number of esters is 1. The molecule has 3 heterocycles. The minimum absolute atomic E-state index is 0.207. The Balaban J connectivity index is 0.000000607. The fourth-order valence-corrected chi connectivity index (χ4v) is 5.03. The molecule has 0 aliphatic heterocycles. The summed E-state index contributed by atoms with van der Waals surface area (Å²) in [5.74, 6) is -0.764. The molecule has 1 saturated carbocycles. The number of aromatic amines is 1. The van der Waals surface area contributed by atoms with Crippen molar-refractivity contribution in [3.8, 4) is 11.3 Å². The number of fused-ring (bicyclic) bond motifs is 1. The lowest BCUT2D eigenvalue weighted by Crippen LogP contribution is -2.22. The van der Waals surface area contributed by atoms with E-state index in [1.807, 2.05) is 26.0 Å². The van der Waals surface area contributed by atoms with Crippen LogP contribution < -0.4 is 16.8 Å². The highest BCUT2D eigenvalue weighted by Gasteiger charge is 2.31. The minimum atomic E-state index is -4.55. The number of benzene rings is 1. The fraction of sp³-hybridized carbons (Fsp3) is 0.400. The van der Waals surface area contributed by atoms with Crippen molar-refractivity contribution in [1.29, 1.82) is 0 Å². The van der Waals surface area contributed by atoms with Crippen LogP contribution in [0.15, 0.2) is 54.9 Å². The average Bonchev–Trinajstić information content (AvgIpc) is 3.55. The van der Waals surface area contributed by atoms with E-state index in [-0.39, 0.29) is 23.2 Å². The number of aromatic nitrogens is 4. The van der Waals surface area contributed by atoms with Gasteiger partial charge in [0.15, 0.2) is 0 Å². The van der Waals surface area contributed by atoms with E-state index < -0.39 is 17.6 Å². The lowest BCUT2D eigenvalue weighted by molar-refractivity contribution is -0.140. The van der Waals surface area contributed by atoms with Crippen molar-refractivity contribution in [2.24, 2.45) is 5.73 Å². The zero-order valence-corrected chi connectivity index (χ0v) is 27.6. The Kier molecular flexibility index (Phi) is 14.5. The topological polar surface area (TPSA) is 162 Å². The molecule has 5 rings (SSSR count). The fourth-order valence-electron chi connectivity index (χ4n) is 5.03. The number of amides is 1. The standard InChI is InChI=1S/C27H25F3N6O3.C6H13N.C2H6/c1-39-21(37)7-5-3-2-4-6-18-15-33-25(31)22-23(35-36-24(18)22)16-8-10-17(11-9-16)26(38)34-20-14-19(12-13-32-20)27(28,29)30;7-6-4-2-1-3-5-6;1-2/h4,6,8-15H,2-3,5,7H2,1H3,(H2,31,33)(H,35,36)(H,32,34,38);6H,1-5,7H2;1-2H3/b6-4+;;. The second-order valence-corrected chi connectivity index (χ2v) is 11.0. The molecule has 0 saturated heterocycles. The van der Waals surface area contributed by atoms with Crippen molar-refractivity contribution in [3.05, 3.63) is 71.6 Å². The number of nitrogens with two attached hydrogens (primary N) is 2. The average molecular weight is 668 g/mol. The number of rotatable bonds is 9. The maximum absolute atomic E-state index is 12.9. The minimum Gasteiger partial charge on any atom is -0.469 e. The third kappa shape index (κ3) is 10.9. The van der Waals surface area contributed by atoms with Gasteiger partial charge in [-0.3, -0.25) is 14.7 Å². The first-order valence-electron chi connectivity index (χ1n) is 16.1. The third-order valence-electron chi connectivity index (χ3n) is 7.58. The van der Waals surface area contributed by atoms with Gasteiger partial charge in [-0.2, -0.15) is 18.3 Å². The number of nitrogen functional groups attached to an aromatic ring is 1. The summed E-state index contributed by atoms with van der Waals surface area (Å²) in [5.41, 5.74) is 13.8. The number of hydrogen-bond donors (Lipinski definition) is 4. The SMILES string of the molecule is CC.COC(=O)CCCC/C=C/c1cnc(N)c2c(-c3ccc(C(=O)Nc4cc(C(F)(F)F)ccn4)cc3)[nH]nc12.NC1CCCCC1. The van der Waals surface area contributed by atoms with Crippen LogP contribution in [-0.2, 0) is 15.7 Å². The quantitative estimate of drug-likeness (QED) is 0.103. The highest BCUT2D eigenvalue weighted by molar-refractivity contribution is 6.05. The molecule has 0 spiro atoms. The second kappa shape index (κ2) is 18.5. The number of carbonyl (C=O) groups is 2. The number of alkyl halides is 3. The summed E-state index contributed by atoms with van der Waals surface area (Å²) in [4.78, 5) is 31.9. The summed E-state index contributed by atoms with van der Waals surface area (Å²) in [6.45, 7) is 4.00. The number of unbranched alkanes of at least 4 members (excludes halogenated alkanes) is 2. The first kappa shape index (κ1) is 37.7. The molecule has 1 aromatic carbocycles. The van der Waals surface area contributed by atoms with E-state index in [0.29, 0.717) is 34.6 Å². The molecule has 3 aromatic heterocycles. The summed E-state index contributed by atoms with van der Waals surface area (Å²) >= 11 is 0. The lowest BCUT2D eigenvalue weighted by atomic mass is 9.97. The van der Waals surface area contributed by atoms with Crippen molar-refractivity contribution in [2.75, 3.05) is 18.2 Å². The van der Waals surface area contributed by atoms with Crippen LogP contribution in [0.1, 0.15) is 93.1 Å². The van der Waals surface area contributed by atoms with E-state index in [2.05, 4.69) is 30.2 Å². The molecule has 10 nitrogen and oxygen atoms in total. The second-order valence-electron chi connectivity index (χ2n) is 11.0. The zero-order chi connectivity index (χ0) is 35.1. The van der Waals surface area contributed by atoms with E-state index in [0.717, 1.165) is 43.2 Å². The molecule has 1 amide bonds. The Morgan fingerprint density at radius 2 is 1.77 bits per heavy atom. The molecule has 0 unspecified atom stereocenters. The van der Waals surface area contributed by atoms with Crippen molar-refractivity contribution in [1.82, 2.24) is 20.2 Å². The Labute approximate surface area is 278 Å². The lowest BCUT2D eigenvalue weighted by Gasteiger charge is -2.15. The van der Waals surface area contributed by atoms with Gasteiger partial charge in [-0.15, -0.1) is 0 Å². The molecule has 0 radical (unpaired) electrons. The molecule has 1 aliphatic carbocycles. The van der Waals surface area contributed by atoms with Crippen LogP contribution in [0.2, 0.25) is 0 Å². The third-order valence-corrected chi connectivity index (χ3v) is 7.58. The highest BCUT2D eigenvalue weighted by atomic mass is 19.4. The number of pyridine rings is 2. The van der Waals surface area contributed by atoms with Crippen LogP contribution in [0.4, 0.5) is 24.8 Å². The van der Waals surface area contributed by atoms with Gasteiger partial charge in [0, 0.05) is 41.5 Å². The molecule has 48 heavy (non-hydrogen) atoms. The molecule has 1 aliphatic rings. The van der Waals surface area contributed by atoms with Gasteiger partial charge in [0.05, 0.1) is 23.8 Å². The van der Waals surface area contributed by atoms with E-state index >= 15 is 0 Å². The number of halogens is 3. The molecule has 258 valence electrons. The number of hydrogen-bond acceptors (Lipinski definition) is 8. The van der Waals surface area contributed by atoms with E-state index in [1.54, 1.807) is 18.3 Å². The number of nitrogens with zero attached hydrogens (tertiary/aromatic N) is 3. The largest absolute Gasteiger partial charge is 0.469 e. The van der Waals surface area contributed by atoms with Crippen LogP contribution in [0.3, 0.4) is 0 Å². The maximum atomic E-state index is 12.9. The van der Waals surface area contributed by atoms with E-state index in [9.17, 15) is 22.8 Å². The Bertz CT molecular complexity index is 1650. The first-order valence-corrected chi connectivity index (χ1v) is 16.1. The van der Waals surface area contributed by atoms with Gasteiger partial charge in [0.2, 0.25) is 0 Å².